The van der Waals surface area contributed by atoms with Gasteiger partial charge in [0.15, 0.2) is 0 Å². The zero-order chi connectivity index (χ0) is 24.0. The third-order valence-corrected chi connectivity index (χ3v) is 6.70. The Morgan fingerprint density at radius 1 is 1.12 bits per heavy atom. The Bertz CT molecular complexity index is 982. The molecule has 2 heterocycles. The van der Waals surface area contributed by atoms with Crippen LogP contribution >= 0.6 is 11.6 Å². The summed E-state index contributed by atoms with van der Waals surface area (Å²) in [5.41, 5.74) is 7.21. The predicted octanol–water partition coefficient (Wildman–Crippen LogP) is 3.47. The van der Waals surface area contributed by atoms with E-state index in [4.69, 9.17) is 31.5 Å². The van der Waals surface area contributed by atoms with Crippen molar-refractivity contribution in [1.82, 2.24) is 9.80 Å². The lowest BCUT2D eigenvalue weighted by atomic mass is 9.97. The number of benzene rings is 2. The summed E-state index contributed by atoms with van der Waals surface area (Å²) in [6.45, 7) is 5.96. The van der Waals surface area contributed by atoms with Gasteiger partial charge in [0.25, 0.3) is 0 Å². The van der Waals surface area contributed by atoms with Crippen molar-refractivity contribution in [2.75, 3.05) is 46.5 Å². The minimum atomic E-state index is -0.808. The van der Waals surface area contributed by atoms with Gasteiger partial charge in [0, 0.05) is 36.8 Å². The van der Waals surface area contributed by atoms with Crippen LogP contribution in [0.3, 0.4) is 0 Å². The Labute approximate surface area is 206 Å². The lowest BCUT2D eigenvalue weighted by Gasteiger charge is -2.42. The second-order valence-corrected chi connectivity index (χ2v) is 9.70. The van der Waals surface area contributed by atoms with Crippen LogP contribution in [0.25, 0.3) is 0 Å². The molecule has 1 unspecified atom stereocenters. The number of nitrogens with two attached hydrogens (primary N) is 1. The van der Waals surface area contributed by atoms with Gasteiger partial charge in [-0.05, 0) is 61.8 Å². The van der Waals surface area contributed by atoms with E-state index in [-0.39, 0.29) is 13.0 Å². The smallest absolute Gasteiger partial charge is 0.220 e. The van der Waals surface area contributed by atoms with Gasteiger partial charge in [-0.1, -0.05) is 23.7 Å². The molecule has 7 nitrogen and oxygen atoms in total. The third-order valence-electron chi connectivity index (χ3n) is 6.47. The number of carbonyl (C=O) groups is 1. The van der Waals surface area contributed by atoms with E-state index in [2.05, 4.69) is 28.0 Å². The van der Waals surface area contributed by atoms with Crippen molar-refractivity contribution in [3.05, 3.63) is 58.6 Å². The van der Waals surface area contributed by atoms with Gasteiger partial charge in [-0.25, -0.2) is 0 Å². The third kappa shape index (κ3) is 6.63. The number of carbonyl (C=O) groups excluding carboxylic acids is 1. The molecule has 34 heavy (non-hydrogen) atoms. The largest absolute Gasteiger partial charge is 0.496 e. The van der Waals surface area contributed by atoms with Gasteiger partial charge in [0.2, 0.25) is 5.91 Å². The molecule has 0 aliphatic carbocycles. The standard InChI is InChI=1S/C26H34ClN3O4/c1-32-24-8-7-20(13-21(24)17-29-9-2-3-10-29)16-30-11-12-34-26(18-30,15-25(28)31)19-33-23-6-4-5-22(27)14-23/h4-8,13-14H,2-3,9-12,15-19H2,1H3,(H2,28,31). The van der Waals surface area contributed by atoms with Crippen molar-refractivity contribution in [3.63, 3.8) is 0 Å². The molecule has 2 aromatic rings. The maximum absolute atomic E-state index is 11.9. The lowest BCUT2D eigenvalue weighted by molar-refractivity contribution is -0.148. The number of ether oxygens (including phenoxy) is 3. The highest BCUT2D eigenvalue weighted by Crippen LogP contribution is 2.28. The number of amides is 1. The van der Waals surface area contributed by atoms with Gasteiger partial charge in [0.1, 0.15) is 23.7 Å². The van der Waals surface area contributed by atoms with Crippen LogP contribution in [0.2, 0.25) is 5.02 Å². The highest BCUT2D eigenvalue weighted by molar-refractivity contribution is 6.30. The fourth-order valence-electron chi connectivity index (χ4n) is 4.89. The van der Waals surface area contributed by atoms with Crippen molar-refractivity contribution in [3.8, 4) is 11.5 Å². The molecule has 0 saturated carbocycles. The van der Waals surface area contributed by atoms with Crippen LogP contribution in [0.4, 0.5) is 0 Å². The Kier molecular flexibility index (Phi) is 8.32. The van der Waals surface area contributed by atoms with Gasteiger partial charge in [-0.3, -0.25) is 14.6 Å². The number of hydrogen-bond acceptors (Lipinski definition) is 6. The lowest BCUT2D eigenvalue weighted by Crippen LogP contribution is -2.56. The minimum Gasteiger partial charge on any atom is -0.496 e. The highest BCUT2D eigenvalue weighted by atomic mass is 35.5. The number of nitrogens with zero attached hydrogens (tertiary/aromatic N) is 2. The van der Waals surface area contributed by atoms with Gasteiger partial charge in [-0.2, -0.15) is 0 Å². The average Bonchev–Trinajstić information content (AvgIpc) is 3.31. The van der Waals surface area contributed by atoms with Crippen LogP contribution < -0.4 is 15.2 Å². The molecule has 2 aromatic carbocycles. The molecule has 4 rings (SSSR count). The molecule has 2 N–H and O–H groups in total. The SMILES string of the molecule is COc1ccc(CN2CCOC(COc3cccc(Cl)c3)(CC(N)=O)C2)cc1CN1CCCC1. The van der Waals surface area contributed by atoms with Crippen molar-refractivity contribution in [2.45, 2.75) is 38.0 Å². The molecule has 1 atom stereocenters. The molecule has 0 aromatic heterocycles. The molecule has 2 aliphatic heterocycles. The van der Waals surface area contributed by atoms with E-state index in [0.29, 0.717) is 23.9 Å². The number of hydrogen-bond donors (Lipinski definition) is 1. The predicted molar refractivity (Wildman–Crippen MR) is 132 cm³/mol. The first kappa shape index (κ1) is 24.8. The number of morpholine rings is 1. The van der Waals surface area contributed by atoms with Crippen LogP contribution in [0.15, 0.2) is 42.5 Å². The maximum atomic E-state index is 11.9. The van der Waals surface area contributed by atoms with Crippen LogP contribution in [0, 0.1) is 0 Å². The van der Waals surface area contributed by atoms with E-state index in [1.165, 1.54) is 24.0 Å². The Hall–Kier alpha value is -2.32. The van der Waals surface area contributed by atoms with Gasteiger partial charge >= 0.3 is 0 Å². The summed E-state index contributed by atoms with van der Waals surface area (Å²) in [6, 6.07) is 13.6. The minimum absolute atomic E-state index is 0.0902. The summed E-state index contributed by atoms with van der Waals surface area (Å²) in [5.74, 6) is 1.16. The van der Waals surface area contributed by atoms with Crippen LogP contribution in [0.1, 0.15) is 30.4 Å². The van der Waals surface area contributed by atoms with E-state index in [1.807, 2.05) is 12.1 Å². The number of halogens is 1. The fourth-order valence-corrected chi connectivity index (χ4v) is 5.07. The number of primary amides is 1. The van der Waals surface area contributed by atoms with Crippen LogP contribution in [-0.2, 0) is 22.6 Å². The molecular formula is C26H34ClN3O4. The zero-order valence-electron chi connectivity index (χ0n) is 19.8. The molecule has 2 saturated heterocycles. The van der Waals surface area contributed by atoms with Crippen molar-refractivity contribution < 1.29 is 19.0 Å². The molecule has 2 aliphatic rings. The van der Waals surface area contributed by atoms with E-state index in [1.54, 1.807) is 19.2 Å². The second kappa shape index (κ2) is 11.4. The monoisotopic (exact) mass is 487 g/mol. The first-order valence-electron chi connectivity index (χ1n) is 11.9. The normalized spacial score (nSPS) is 21.5. The van der Waals surface area contributed by atoms with Crippen LogP contribution in [-0.4, -0.2) is 67.8 Å². The first-order valence-corrected chi connectivity index (χ1v) is 12.2. The van der Waals surface area contributed by atoms with Gasteiger partial charge in [-0.15, -0.1) is 0 Å². The van der Waals surface area contributed by atoms with E-state index in [0.717, 1.165) is 38.5 Å². The average molecular weight is 488 g/mol. The molecular weight excluding hydrogens is 454 g/mol. The quantitative estimate of drug-likeness (QED) is 0.553. The van der Waals surface area contributed by atoms with Crippen molar-refractivity contribution in [2.24, 2.45) is 5.73 Å². The molecule has 2 fully saturated rings. The molecule has 1 amide bonds. The highest BCUT2D eigenvalue weighted by Gasteiger charge is 2.39. The summed E-state index contributed by atoms with van der Waals surface area (Å²) in [4.78, 5) is 16.7. The molecule has 0 spiro atoms. The summed E-state index contributed by atoms with van der Waals surface area (Å²) < 4.78 is 17.7. The molecule has 0 bridgehead atoms. The Morgan fingerprint density at radius 2 is 1.94 bits per heavy atom. The van der Waals surface area contributed by atoms with Gasteiger partial charge in [0.05, 0.1) is 20.1 Å². The zero-order valence-corrected chi connectivity index (χ0v) is 20.6. The number of likely N-dealkylation sites (tertiary alicyclic amines) is 1. The summed E-state index contributed by atoms with van der Waals surface area (Å²) in [7, 11) is 1.72. The summed E-state index contributed by atoms with van der Waals surface area (Å²) in [5, 5.41) is 0.594. The van der Waals surface area contributed by atoms with Gasteiger partial charge < -0.3 is 19.9 Å². The van der Waals surface area contributed by atoms with E-state index in [9.17, 15) is 4.79 Å². The van der Waals surface area contributed by atoms with Crippen molar-refractivity contribution >= 4 is 17.5 Å². The van der Waals surface area contributed by atoms with Crippen molar-refractivity contribution in [1.29, 1.82) is 0 Å². The fraction of sp³-hybridized carbons (Fsp3) is 0.500. The Balaban J connectivity index is 1.45. The maximum Gasteiger partial charge on any atom is 0.220 e. The second-order valence-electron chi connectivity index (χ2n) is 9.26. The molecule has 184 valence electrons. The van der Waals surface area contributed by atoms with E-state index < -0.39 is 11.5 Å². The summed E-state index contributed by atoms with van der Waals surface area (Å²) >= 11 is 6.08. The van der Waals surface area contributed by atoms with Crippen LogP contribution in [0.5, 0.6) is 11.5 Å². The van der Waals surface area contributed by atoms with E-state index >= 15 is 0 Å². The topological polar surface area (TPSA) is 77.3 Å². The number of methoxy groups -OCH3 is 1. The first-order chi connectivity index (χ1) is 16.4. The molecule has 0 radical (unpaired) electrons. The Morgan fingerprint density at radius 3 is 2.68 bits per heavy atom. The molecule has 8 heteroatoms. The summed E-state index contributed by atoms with van der Waals surface area (Å²) in [6.07, 6.45) is 2.61. The number of rotatable bonds is 10.